The number of amides is 1. The number of hydrogen-bond acceptors (Lipinski definition) is 9. The summed E-state index contributed by atoms with van der Waals surface area (Å²) in [4.78, 5) is 38.1. The van der Waals surface area contributed by atoms with E-state index in [2.05, 4.69) is 26.8 Å². The van der Waals surface area contributed by atoms with Gasteiger partial charge in [-0.15, -0.1) is 0 Å². The van der Waals surface area contributed by atoms with E-state index in [1.807, 2.05) is 33.8 Å². The van der Waals surface area contributed by atoms with Crippen LogP contribution in [0.15, 0.2) is 57.5 Å². The summed E-state index contributed by atoms with van der Waals surface area (Å²) < 4.78 is 17.2. The number of rotatable bonds is 9. The Kier molecular flexibility index (Phi) is 8.81. The smallest absolute Gasteiger partial charge is 0.295 e. The maximum Gasteiger partial charge on any atom is 0.295 e. The predicted molar refractivity (Wildman–Crippen MR) is 153 cm³/mol. The van der Waals surface area contributed by atoms with Crippen molar-refractivity contribution in [3.8, 4) is 5.88 Å². The molecule has 4 rings (SSSR count). The molecule has 2 aromatic heterocycles. The van der Waals surface area contributed by atoms with Gasteiger partial charge >= 0.3 is 0 Å². The maximum atomic E-state index is 13.8. The zero-order chi connectivity index (χ0) is 28.3. The number of nitrogens with zero attached hydrogens (tertiary/aromatic N) is 6. The van der Waals surface area contributed by atoms with E-state index in [9.17, 15) is 9.35 Å². The molecule has 1 saturated carbocycles. The van der Waals surface area contributed by atoms with Gasteiger partial charge in [0.2, 0.25) is 10.9 Å². The lowest BCUT2D eigenvalue weighted by Crippen LogP contribution is -2.53. The minimum absolute atomic E-state index is 0.150. The molecule has 1 fully saturated rings. The molecule has 0 radical (unpaired) electrons. The van der Waals surface area contributed by atoms with Gasteiger partial charge in [0.25, 0.3) is 5.91 Å². The molecule has 0 spiro atoms. The van der Waals surface area contributed by atoms with E-state index in [4.69, 9.17) is 14.7 Å². The van der Waals surface area contributed by atoms with Crippen LogP contribution in [0.25, 0.3) is 5.70 Å². The first-order valence-corrected chi connectivity index (χ1v) is 14.5. The normalized spacial score (nSPS) is 18.1. The van der Waals surface area contributed by atoms with Crippen molar-refractivity contribution in [1.29, 1.82) is 0 Å². The van der Waals surface area contributed by atoms with Crippen molar-refractivity contribution in [2.24, 2.45) is 9.98 Å². The average Bonchev–Trinajstić information content (AvgIpc) is 3.77. The first kappa shape index (κ1) is 28.4. The van der Waals surface area contributed by atoms with Crippen LogP contribution < -0.4 is 10.1 Å². The van der Waals surface area contributed by atoms with Gasteiger partial charge in [-0.05, 0) is 57.2 Å². The van der Waals surface area contributed by atoms with Gasteiger partial charge in [0.05, 0.1) is 24.1 Å². The molecular weight excluding hydrogens is 514 g/mol. The number of ether oxygens (including phenoxy) is 1. The summed E-state index contributed by atoms with van der Waals surface area (Å²) in [6, 6.07) is 3.41. The van der Waals surface area contributed by atoms with Crippen molar-refractivity contribution in [2.75, 3.05) is 13.4 Å². The van der Waals surface area contributed by atoms with Crippen LogP contribution in [0, 0.1) is 0 Å². The van der Waals surface area contributed by atoms with Crippen molar-refractivity contribution in [3.63, 3.8) is 0 Å². The summed E-state index contributed by atoms with van der Waals surface area (Å²) in [6.07, 6.45) is 7.53. The Hall–Kier alpha value is -3.57. The second kappa shape index (κ2) is 12.1. The van der Waals surface area contributed by atoms with Crippen LogP contribution in [-0.4, -0.2) is 61.4 Å². The van der Waals surface area contributed by atoms with Crippen LogP contribution in [0.5, 0.6) is 5.88 Å². The Bertz CT molecular complexity index is 1340. The van der Waals surface area contributed by atoms with E-state index in [1.54, 1.807) is 30.5 Å². The summed E-state index contributed by atoms with van der Waals surface area (Å²) >= 11 is -1.16. The molecule has 2 aromatic rings. The molecule has 0 bridgehead atoms. The Morgan fingerprint density at radius 3 is 2.62 bits per heavy atom. The van der Waals surface area contributed by atoms with Gasteiger partial charge in [-0.25, -0.2) is 24.9 Å². The highest BCUT2D eigenvalue weighted by Crippen LogP contribution is 2.44. The number of nitrogens with one attached hydrogen (secondary N) is 1. The minimum atomic E-state index is -1.16. The van der Waals surface area contributed by atoms with Crippen molar-refractivity contribution >= 4 is 34.5 Å². The van der Waals surface area contributed by atoms with Gasteiger partial charge in [-0.3, -0.25) is 9.69 Å². The van der Waals surface area contributed by atoms with E-state index < -0.39 is 11.2 Å². The second-order valence-electron chi connectivity index (χ2n) is 9.85. The molecule has 1 N–H and O–H groups in total. The summed E-state index contributed by atoms with van der Waals surface area (Å²) in [5.74, 6) is 1.12. The summed E-state index contributed by atoms with van der Waals surface area (Å²) in [7, 11) is 1.56. The van der Waals surface area contributed by atoms with E-state index >= 15 is 0 Å². The van der Waals surface area contributed by atoms with Gasteiger partial charge in [-0.1, -0.05) is 13.5 Å². The summed E-state index contributed by atoms with van der Waals surface area (Å²) in [5.41, 5.74) is 4.29. The zero-order valence-corrected chi connectivity index (χ0v) is 24.1. The van der Waals surface area contributed by atoms with Gasteiger partial charge in [0.1, 0.15) is 18.3 Å². The standard InChI is InChI=1S/C28H35N7O3S/c1-8-17(4)35-26(33-18(5)22-24(20-10-11-20)31-15-32-27(22)38-6)23(16(2)3)34-25(28(35)36)30-14-19-9-12-21(29-13-19)39(7)37/h9,12-13,15,17,20H,5,8,10-11,14H2,1-4,6-7H3,(H,30,34)/b33-26+/t17-,39?/m0/s1. The SMILES string of the molecule is C=C(/N=C1\C(=C(C)C)N=C(NCc2ccc([S+](C)[O-])nc2)C(=O)N1[C@@H](C)CC)c1c(OC)ncnc1C1CC1. The molecule has 2 atom stereocenters. The van der Waals surface area contributed by atoms with E-state index in [0.29, 0.717) is 52.6 Å². The third-order valence-corrected chi connectivity index (χ3v) is 7.50. The van der Waals surface area contributed by atoms with Crippen molar-refractivity contribution < 1.29 is 14.1 Å². The molecule has 1 amide bonds. The van der Waals surface area contributed by atoms with Crippen LogP contribution in [0.3, 0.4) is 0 Å². The molecule has 0 saturated heterocycles. The van der Waals surface area contributed by atoms with Crippen LogP contribution in [0.2, 0.25) is 0 Å². The highest BCUT2D eigenvalue weighted by atomic mass is 32.2. The van der Waals surface area contributed by atoms with E-state index in [1.165, 1.54) is 6.33 Å². The lowest BCUT2D eigenvalue weighted by molar-refractivity contribution is -0.122. The number of aliphatic imine (C=N–C) groups is 2. The number of hydrogen-bond donors (Lipinski definition) is 1. The molecule has 11 heteroatoms. The Balaban J connectivity index is 1.72. The first-order valence-electron chi connectivity index (χ1n) is 12.9. The van der Waals surface area contributed by atoms with E-state index in [0.717, 1.165) is 29.7 Å². The fourth-order valence-corrected chi connectivity index (χ4v) is 4.67. The average molecular weight is 550 g/mol. The van der Waals surface area contributed by atoms with Crippen LogP contribution in [-0.2, 0) is 22.5 Å². The van der Waals surface area contributed by atoms with E-state index in [-0.39, 0.29) is 17.8 Å². The number of pyridine rings is 1. The molecule has 1 unspecified atom stereocenters. The third kappa shape index (κ3) is 6.20. The van der Waals surface area contributed by atoms with Gasteiger partial charge in [0.15, 0.2) is 11.7 Å². The number of carbonyl (C=O) groups is 1. The lowest BCUT2D eigenvalue weighted by atomic mass is 10.1. The Morgan fingerprint density at radius 1 is 1.31 bits per heavy atom. The number of carbonyl (C=O) groups excluding carboxylic acids is 1. The molecule has 206 valence electrons. The number of methoxy groups -OCH3 is 1. The zero-order valence-electron chi connectivity index (χ0n) is 23.3. The highest BCUT2D eigenvalue weighted by molar-refractivity contribution is 7.90. The fraction of sp³-hybridized carbons (Fsp3) is 0.429. The van der Waals surface area contributed by atoms with Crippen molar-refractivity contribution in [2.45, 2.75) is 70.5 Å². The maximum absolute atomic E-state index is 13.8. The lowest BCUT2D eigenvalue weighted by Gasteiger charge is -2.34. The van der Waals surface area contributed by atoms with Crippen LogP contribution >= 0.6 is 0 Å². The first-order chi connectivity index (χ1) is 18.7. The third-order valence-electron chi connectivity index (χ3n) is 6.67. The fourth-order valence-electron chi connectivity index (χ4n) is 4.21. The largest absolute Gasteiger partial charge is 0.610 e. The second-order valence-corrected chi connectivity index (χ2v) is 11.2. The van der Waals surface area contributed by atoms with Crippen LogP contribution in [0.1, 0.15) is 69.7 Å². The Labute approximate surface area is 232 Å². The topological polar surface area (TPSA) is 128 Å². The highest BCUT2D eigenvalue weighted by Gasteiger charge is 2.36. The van der Waals surface area contributed by atoms with Crippen molar-refractivity contribution in [1.82, 2.24) is 25.2 Å². The number of aromatic nitrogens is 3. The molecule has 2 aliphatic rings. The number of amidine groups is 2. The molecule has 1 aliphatic heterocycles. The minimum Gasteiger partial charge on any atom is -0.610 e. The quantitative estimate of drug-likeness (QED) is 0.469. The van der Waals surface area contributed by atoms with Gasteiger partial charge in [-0.2, -0.15) is 0 Å². The summed E-state index contributed by atoms with van der Waals surface area (Å²) in [5, 5.41) is 3.68. The Morgan fingerprint density at radius 2 is 2.05 bits per heavy atom. The van der Waals surface area contributed by atoms with Gasteiger partial charge < -0.3 is 14.6 Å². The molecular formula is C28H35N7O3S. The predicted octanol–water partition coefficient (Wildman–Crippen LogP) is 3.99. The number of allylic oxidation sites excluding steroid dienone is 1. The molecule has 1 aliphatic carbocycles. The molecule has 3 heterocycles. The van der Waals surface area contributed by atoms with Crippen LogP contribution in [0.4, 0.5) is 0 Å². The summed E-state index contributed by atoms with van der Waals surface area (Å²) in [6.45, 7) is 12.5. The molecule has 39 heavy (non-hydrogen) atoms. The molecule has 10 nitrogen and oxygen atoms in total. The molecule has 0 aromatic carbocycles. The van der Waals surface area contributed by atoms with Gasteiger partial charge in [0, 0.05) is 41.9 Å². The monoisotopic (exact) mass is 549 g/mol. The van der Waals surface area contributed by atoms with Crippen molar-refractivity contribution in [3.05, 3.63) is 59.3 Å².